The van der Waals surface area contributed by atoms with Crippen LogP contribution in [-0.4, -0.2) is 16.7 Å². The Labute approximate surface area is 104 Å². The van der Waals surface area contributed by atoms with Crippen molar-refractivity contribution in [2.45, 2.75) is 20.0 Å². The molecular weight excluding hydrogens is 237 g/mol. The monoisotopic (exact) mass is 251 g/mol. The number of ether oxygens (including phenoxy) is 1. The number of halogens is 1. The molecule has 0 spiro atoms. The van der Waals surface area contributed by atoms with Crippen molar-refractivity contribution in [3.8, 4) is 11.5 Å². The molecule has 0 saturated heterocycles. The van der Waals surface area contributed by atoms with Crippen molar-refractivity contribution < 1.29 is 13.7 Å². The average molecular weight is 251 g/mol. The topological polar surface area (TPSA) is 74.2 Å². The molecule has 1 heterocycles. The highest BCUT2D eigenvalue weighted by molar-refractivity contribution is 5.70. The molecule has 0 aliphatic heterocycles. The molecule has 0 aliphatic rings. The highest BCUT2D eigenvalue weighted by atomic mass is 19.1. The first-order valence-corrected chi connectivity index (χ1v) is 5.63. The number of anilines is 1. The lowest BCUT2D eigenvalue weighted by Crippen LogP contribution is -2.01. The first-order chi connectivity index (χ1) is 8.63. The van der Waals surface area contributed by atoms with Gasteiger partial charge in [0.2, 0.25) is 5.82 Å². The molecule has 0 saturated carbocycles. The van der Waals surface area contributed by atoms with E-state index in [-0.39, 0.29) is 17.7 Å². The summed E-state index contributed by atoms with van der Waals surface area (Å²) < 4.78 is 23.7. The second kappa shape index (κ2) is 5.14. The minimum Gasteiger partial charge on any atom is -0.396 e. The van der Waals surface area contributed by atoms with E-state index in [9.17, 15) is 4.39 Å². The summed E-state index contributed by atoms with van der Waals surface area (Å²) in [5.41, 5.74) is 6.01. The zero-order valence-electron chi connectivity index (χ0n) is 10.2. The molecule has 0 amide bonds. The van der Waals surface area contributed by atoms with Crippen LogP contribution in [0.4, 0.5) is 10.1 Å². The maximum atomic E-state index is 13.3. The van der Waals surface area contributed by atoms with Gasteiger partial charge in [-0.25, -0.2) is 4.39 Å². The quantitative estimate of drug-likeness (QED) is 0.845. The highest BCUT2D eigenvalue weighted by Gasteiger charge is 2.17. The van der Waals surface area contributed by atoms with Crippen LogP contribution < -0.4 is 5.73 Å². The van der Waals surface area contributed by atoms with Crippen molar-refractivity contribution >= 4 is 5.69 Å². The summed E-state index contributed by atoms with van der Waals surface area (Å²) in [6.07, 6.45) is -0.276. The molecule has 96 valence electrons. The summed E-state index contributed by atoms with van der Waals surface area (Å²) in [6.45, 7) is 4.24. The Morgan fingerprint density at radius 2 is 2.28 bits per heavy atom. The molecule has 18 heavy (non-hydrogen) atoms. The van der Waals surface area contributed by atoms with Crippen LogP contribution in [-0.2, 0) is 4.74 Å². The number of para-hydroxylation sites is 1. The fourth-order valence-corrected chi connectivity index (χ4v) is 1.56. The molecule has 0 fully saturated rings. The third-order valence-electron chi connectivity index (χ3n) is 2.51. The smallest absolute Gasteiger partial charge is 0.260 e. The lowest BCUT2D eigenvalue weighted by molar-refractivity contribution is 0.0683. The minimum absolute atomic E-state index is 0.00300. The van der Waals surface area contributed by atoms with Crippen LogP contribution in [0.3, 0.4) is 0 Å². The summed E-state index contributed by atoms with van der Waals surface area (Å²) in [5, 5.41) is 3.79. The van der Waals surface area contributed by atoms with Crippen LogP contribution in [0.25, 0.3) is 11.5 Å². The van der Waals surface area contributed by atoms with E-state index in [0.29, 0.717) is 18.0 Å². The molecule has 0 aliphatic carbocycles. The van der Waals surface area contributed by atoms with Crippen molar-refractivity contribution in [2.24, 2.45) is 0 Å². The molecule has 2 rings (SSSR count). The molecule has 6 heteroatoms. The van der Waals surface area contributed by atoms with Crippen LogP contribution in [0, 0.1) is 5.82 Å². The SMILES string of the molecule is CCOC(C)c1noc(-c2cccc(F)c2N)n1. The zero-order chi connectivity index (χ0) is 13.1. The van der Waals surface area contributed by atoms with Gasteiger partial charge in [0.15, 0.2) is 0 Å². The lowest BCUT2D eigenvalue weighted by Gasteiger charge is -2.05. The van der Waals surface area contributed by atoms with Gasteiger partial charge < -0.3 is 15.0 Å². The Morgan fingerprint density at radius 3 is 3.00 bits per heavy atom. The van der Waals surface area contributed by atoms with Crippen LogP contribution >= 0.6 is 0 Å². The predicted molar refractivity (Wildman–Crippen MR) is 64.1 cm³/mol. The van der Waals surface area contributed by atoms with Gasteiger partial charge in [-0.3, -0.25) is 0 Å². The number of aromatic nitrogens is 2. The van der Waals surface area contributed by atoms with E-state index in [4.69, 9.17) is 15.0 Å². The fraction of sp³-hybridized carbons (Fsp3) is 0.333. The van der Waals surface area contributed by atoms with Gasteiger partial charge in [0.1, 0.15) is 11.9 Å². The molecule has 0 radical (unpaired) electrons. The molecule has 0 bridgehead atoms. The minimum atomic E-state index is -0.509. The second-order valence-electron chi connectivity index (χ2n) is 3.76. The Morgan fingerprint density at radius 1 is 1.50 bits per heavy atom. The molecule has 1 aromatic heterocycles. The van der Waals surface area contributed by atoms with Crippen molar-refractivity contribution in [1.29, 1.82) is 0 Å². The molecule has 1 atom stereocenters. The van der Waals surface area contributed by atoms with Crippen molar-refractivity contribution in [1.82, 2.24) is 10.1 Å². The van der Waals surface area contributed by atoms with Gasteiger partial charge in [-0.2, -0.15) is 4.98 Å². The van der Waals surface area contributed by atoms with Crippen LogP contribution in [0.2, 0.25) is 0 Å². The number of benzene rings is 1. The van der Waals surface area contributed by atoms with E-state index in [0.717, 1.165) is 0 Å². The maximum Gasteiger partial charge on any atom is 0.260 e. The van der Waals surface area contributed by atoms with Crippen molar-refractivity contribution in [3.63, 3.8) is 0 Å². The van der Waals surface area contributed by atoms with Gasteiger partial charge in [0, 0.05) is 6.61 Å². The van der Waals surface area contributed by atoms with Gasteiger partial charge in [0.25, 0.3) is 5.89 Å². The number of nitrogen functional groups attached to an aromatic ring is 1. The molecule has 1 unspecified atom stereocenters. The van der Waals surface area contributed by atoms with E-state index in [1.165, 1.54) is 12.1 Å². The molecule has 2 aromatic rings. The van der Waals surface area contributed by atoms with Gasteiger partial charge in [-0.05, 0) is 26.0 Å². The summed E-state index contributed by atoms with van der Waals surface area (Å²) in [4.78, 5) is 4.15. The standard InChI is InChI=1S/C12H14FN3O2/c1-3-17-7(2)11-15-12(18-16-11)8-5-4-6-9(13)10(8)14/h4-7H,3,14H2,1-2H3. The number of hydrogen-bond acceptors (Lipinski definition) is 5. The maximum absolute atomic E-state index is 13.3. The van der Waals surface area contributed by atoms with E-state index in [1.54, 1.807) is 6.07 Å². The highest BCUT2D eigenvalue weighted by Crippen LogP contribution is 2.27. The molecule has 2 N–H and O–H groups in total. The number of nitrogens with two attached hydrogens (primary N) is 1. The van der Waals surface area contributed by atoms with Gasteiger partial charge in [0.05, 0.1) is 11.3 Å². The summed E-state index contributed by atoms with van der Waals surface area (Å²) >= 11 is 0. The summed E-state index contributed by atoms with van der Waals surface area (Å²) in [5.74, 6) is 0.0918. The lowest BCUT2D eigenvalue weighted by atomic mass is 10.2. The van der Waals surface area contributed by atoms with Crippen molar-refractivity contribution in [2.75, 3.05) is 12.3 Å². The number of rotatable bonds is 4. The van der Waals surface area contributed by atoms with E-state index in [2.05, 4.69) is 10.1 Å². The van der Waals surface area contributed by atoms with Crippen LogP contribution in [0.1, 0.15) is 25.8 Å². The zero-order valence-corrected chi connectivity index (χ0v) is 10.2. The van der Waals surface area contributed by atoms with E-state index >= 15 is 0 Å². The van der Waals surface area contributed by atoms with Gasteiger partial charge in [-0.1, -0.05) is 11.2 Å². The molecule has 1 aromatic carbocycles. The van der Waals surface area contributed by atoms with E-state index in [1.807, 2.05) is 13.8 Å². The summed E-state index contributed by atoms with van der Waals surface area (Å²) in [7, 11) is 0. The number of hydrogen-bond donors (Lipinski definition) is 1. The normalized spacial score (nSPS) is 12.6. The van der Waals surface area contributed by atoms with Gasteiger partial charge in [-0.15, -0.1) is 0 Å². The third-order valence-corrected chi connectivity index (χ3v) is 2.51. The van der Waals surface area contributed by atoms with Crippen LogP contribution in [0.15, 0.2) is 22.7 Å². The van der Waals surface area contributed by atoms with Gasteiger partial charge >= 0.3 is 0 Å². The van der Waals surface area contributed by atoms with E-state index < -0.39 is 5.82 Å². The predicted octanol–water partition coefficient (Wildman–Crippen LogP) is 2.56. The molecule has 5 nitrogen and oxygen atoms in total. The number of nitrogens with zero attached hydrogens (tertiary/aromatic N) is 2. The first kappa shape index (κ1) is 12.5. The Bertz CT molecular complexity index is 542. The van der Waals surface area contributed by atoms with Crippen LogP contribution in [0.5, 0.6) is 0 Å². The summed E-state index contributed by atoms with van der Waals surface area (Å²) in [6, 6.07) is 4.44. The molecular formula is C12H14FN3O2. The Hall–Kier alpha value is -1.95. The Kier molecular flexibility index (Phi) is 3.57. The van der Waals surface area contributed by atoms with Crippen molar-refractivity contribution in [3.05, 3.63) is 29.8 Å². The third kappa shape index (κ3) is 2.33. The average Bonchev–Trinajstić information content (AvgIpc) is 2.82. The Balaban J connectivity index is 2.32. The largest absolute Gasteiger partial charge is 0.396 e. The fourth-order valence-electron chi connectivity index (χ4n) is 1.56. The second-order valence-corrected chi connectivity index (χ2v) is 3.76. The first-order valence-electron chi connectivity index (χ1n) is 5.63.